The summed E-state index contributed by atoms with van der Waals surface area (Å²) < 4.78 is 1.03. The third-order valence-electron chi connectivity index (χ3n) is 3.15. The Hall–Kier alpha value is -0.410. The van der Waals surface area contributed by atoms with Gasteiger partial charge in [0.15, 0.2) is 0 Å². The van der Waals surface area contributed by atoms with Crippen LogP contribution in [-0.2, 0) is 6.42 Å². The second-order valence-electron chi connectivity index (χ2n) is 4.48. The van der Waals surface area contributed by atoms with Gasteiger partial charge in [0.1, 0.15) is 0 Å². The lowest BCUT2D eigenvalue weighted by Gasteiger charge is -2.18. The molecular weight excluding hydrogens is 240 g/mol. The molecule has 1 aliphatic rings. The highest BCUT2D eigenvalue weighted by molar-refractivity contribution is 9.10. The molecule has 2 N–H and O–H groups in total. The van der Waals surface area contributed by atoms with Gasteiger partial charge in [-0.1, -0.05) is 6.92 Å². The van der Waals surface area contributed by atoms with Gasteiger partial charge in [0.05, 0.1) is 0 Å². The van der Waals surface area contributed by atoms with Gasteiger partial charge < -0.3 is 5.73 Å². The van der Waals surface area contributed by atoms with Gasteiger partial charge >= 0.3 is 0 Å². The summed E-state index contributed by atoms with van der Waals surface area (Å²) in [5.41, 5.74) is 7.77. The predicted molar refractivity (Wildman–Crippen MR) is 61.0 cm³/mol. The normalized spacial score (nSPS) is 20.5. The van der Waals surface area contributed by atoms with Crippen LogP contribution in [0.3, 0.4) is 0 Å². The molecular formula is C11H15BrN2. The second kappa shape index (κ2) is 3.63. The molecule has 3 heteroatoms. The highest BCUT2D eigenvalue weighted by Gasteiger charge is 2.42. The van der Waals surface area contributed by atoms with Gasteiger partial charge in [-0.05, 0) is 52.2 Å². The molecule has 1 fully saturated rings. The van der Waals surface area contributed by atoms with E-state index in [0.29, 0.717) is 5.41 Å². The standard InChI is InChI=1S/C11H15BrN2/c1-11(2-3-11)10(13)5-8-4-9(12)7-14-6-8/h4,6-7,10H,2-3,5,13H2,1H3. The molecule has 1 unspecified atom stereocenters. The summed E-state index contributed by atoms with van der Waals surface area (Å²) in [5.74, 6) is 0. The number of nitrogens with two attached hydrogens (primary N) is 1. The zero-order valence-electron chi connectivity index (χ0n) is 8.33. The van der Waals surface area contributed by atoms with Crippen molar-refractivity contribution in [2.75, 3.05) is 0 Å². The zero-order valence-corrected chi connectivity index (χ0v) is 9.92. The quantitative estimate of drug-likeness (QED) is 0.901. The molecule has 0 spiro atoms. The van der Waals surface area contributed by atoms with Crippen LogP contribution in [0.1, 0.15) is 25.3 Å². The summed E-state index contributed by atoms with van der Waals surface area (Å²) in [4.78, 5) is 4.14. The molecule has 1 heterocycles. The third kappa shape index (κ3) is 2.15. The van der Waals surface area contributed by atoms with E-state index < -0.39 is 0 Å². The number of rotatable bonds is 3. The molecule has 76 valence electrons. The van der Waals surface area contributed by atoms with E-state index in [0.717, 1.165) is 10.9 Å². The summed E-state index contributed by atoms with van der Waals surface area (Å²) in [6.45, 7) is 2.27. The first-order valence-electron chi connectivity index (χ1n) is 4.95. The minimum atomic E-state index is 0.276. The smallest absolute Gasteiger partial charge is 0.0410 e. The molecule has 0 aromatic carbocycles. The molecule has 2 nitrogen and oxygen atoms in total. The summed E-state index contributed by atoms with van der Waals surface area (Å²) in [7, 11) is 0. The first-order chi connectivity index (χ1) is 6.60. The van der Waals surface area contributed by atoms with E-state index in [1.807, 2.05) is 6.20 Å². The Labute approximate surface area is 93.0 Å². The van der Waals surface area contributed by atoms with E-state index in [1.165, 1.54) is 18.4 Å². The van der Waals surface area contributed by atoms with Crippen molar-refractivity contribution in [1.29, 1.82) is 0 Å². The molecule has 2 rings (SSSR count). The van der Waals surface area contributed by atoms with Crippen molar-refractivity contribution in [2.24, 2.45) is 11.1 Å². The fourth-order valence-corrected chi connectivity index (χ4v) is 2.05. The van der Waals surface area contributed by atoms with Crippen molar-refractivity contribution in [3.8, 4) is 0 Å². The average Bonchev–Trinajstić information content (AvgIpc) is 2.85. The predicted octanol–water partition coefficient (Wildman–Crippen LogP) is 2.51. The molecule has 1 atom stereocenters. The Balaban J connectivity index is 2.03. The van der Waals surface area contributed by atoms with Crippen LogP contribution in [-0.4, -0.2) is 11.0 Å². The topological polar surface area (TPSA) is 38.9 Å². The largest absolute Gasteiger partial charge is 0.327 e. The Morgan fingerprint density at radius 3 is 2.86 bits per heavy atom. The fourth-order valence-electron chi connectivity index (χ4n) is 1.64. The molecule has 1 aromatic rings. The Morgan fingerprint density at radius 1 is 1.57 bits per heavy atom. The van der Waals surface area contributed by atoms with E-state index in [1.54, 1.807) is 6.20 Å². The van der Waals surface area contributed by atoms with Gasteiger partial charge in [0, 0.05) is 22.9 Å². The van der Waals surface area contributed by atoms with Crippen molar-refractivity contribution < 1.29 is 0 Å². The van der Waals surface area contributed by atoms with E-state index in [9.17, 15) is 0 Å². The number of hydrogen-bond acceptors (Lipinski definition) is 2. The maximum Gasteiger partial charge on any atom is 0.0410 e. The Bertz CT molecular complexity index is 334. The van der Waals surface area contributed by atoms with Crippen LogP contribution < -0.4 is 5.73 Å². The van der Waals surface area contributed by atoms with Crippen molar-refractivity contribution in [3.63, 3.8) is 0 Å². The van der Waals surface area contributed by atoms with Crippen LogP contribution in [0.2, 0.25) is 0 Å². The van der Waals surface area contributed by atoms with Crippen molar-refractivity contribution >= 4 is 15.9 Å². The van der Waals surface area contributed by atoms with Crippen molar-refractivity contribution in [3.05, 3.63) is 28.5 Å². The van der Waals surface area contributed by atoms with Crippen LogP contribution >= 0.6 is 15.9 Å². The Kier molecular flexibility index (Phi) is 2.62. The Morgan fingerprint density at radius 2 is 2.29 bits per heavy atom. The molecule has 1 aliphatic carbocycles. The van der Waals surface area contributed by atoms with Gasteiger partial charge in [-0.3, -0.25) is 4.98 Å². The van der Waals surface area contributed by atoms with Gasteiger partial charge in [0.2, 0.25) is 0 Å². The number of halogens is 1. The van der Waals surface area contributed by atoms with Gasteiger partial charge in [0.25, 0.3) is 0 Å². The summed E-state index contributed by atoms with van der Waals surface area (Å²) in [6.07, 6.45) is 7.18. The first-order valence-corrected chi connectivity index (χ1v) is 5.74. The fraction of sp³-hybridized carbons (Fsp3) is 0.545. The van der Waals surface area contributed by atoms with E-state index >= 15 is 0 Å². The molecule has 0 aliphatic heterocycles. The van der Waals surface area contributed by atoms with Gasteiger partial charge in [-0.2, -0.15) is 0 Å². The third-order valence-corrected chi connectivity index (χ3v) is 3.58. The minimum absolute atomic E-state index is 0.276. The average molecular weight is 255 g/mol. The first kappa shape index (κ1) is 10.1. The summed E-state index contributed by atoms with van der Waals surface area (Å²) in [5, 5.41) is 0. The molecule has 0 amide bonds. The number of pyridine rings is 1. The van der Waals surface area contributed by atoms with Gasteiger partial charge in [-0.15, -0.1) is 0 Å². The van der Waals surface area contributed by atoms with Crippen molar-refractivity contribution in [1.82, 2.24) is 4.98 Å². The minimum Gasteiger partial charge on any atom is -0.327 e. The number of aromatic nitrogens is 1. The molecule has 1 aromatic heterocycles. The monoisotopic (exact) mass is 254 g/mol. The van der Waals surface area contributed by atoms with Crippen LogP contribution in [0.5, 0.6) is 0 Å². The lowest BCUT2D eigenvalue weighted by molar-refractivity contribution is 0.433. The highest BCUT2D eigenvalue weighted by atomic mass is 79.9. The van der Waals surface area contributed by atoms with Crippen LogP contribution in [0.25, 0.3) is 0 Å². The maximum atomic E-state index is 6.15. The van der Waals surface area contributed by atoms with E-state index in [2.05, 4.69) is 33.9 Å². The SMILES string of the molecule is CC1(C(N)Cc2cncc(Br)c2)CC1. The number of nitrogens with zero attached hydrogens (tertiary/aromatic N) is 1. The summed E-state index contributed by atoms with van der Waals surface area (Å²) >= 11 is 3.41. The molecule has 0 saturated heterocycles. The van der Waals surface area contributed by atoms with Gasteiger partial charge in [-0.25, -0.2) is 0 Å². The number of hydrogen-bond donors (Lipinski definition) is 1. The lowest BCUT2D eigenvalue weighted by Crippen LogP contribution is -2.31. The molecule has 14 heavy (non-hydrogen) atoms. The highest BCUT2D eigenvalue weighted by Crippen LogP contribution is 2.48. The lowest BCUT2D eigenvalue weighted by atomic mass is 9.94. The van der Waals surface area contributed by atoms with E-state index in [-0.39, 0.29) is 6.04 Å². The zero-order chi connectivity index (χ0) is 10.2. The van der Waals surface area contributed by atoms with E-state index in [4.69, 9.17) is 5.73 Å². The molecule has 1 saturated carbocycles. The second-order valence-corrected chi connectivity index (χ2v) is 5.39. The molecule has 0 bridgehead atoms. The van der Waals surface area contributed by atoms with Crippen LogP contribution in [0.15, 0.2) is 22.9 Å². The maximum absolute atomic E-state index is 6.15. The molecule has 0 radical (unpaired) electrons. The van der Waals surface area contributed by atoms with Crippen molar-refractivity contribution in [2.45, 2.75) is 32.2 Å². The van der Waals surface area contributed by atoms with Crippen LogP contribution in [0, 0.1) is 5.41 Å². The summed E-state index contributed by atoms with van der Waals surface area (Å²) in [6, 6.07) is 2.37. The van der Waals surface area contributed by atoms with Crippen LogP contribution in [0.4, 0.5) is 0 Å².